The van der Waals surface area contributed by atoms with E-state index in [-0.39, 0.29) is 11.7 Å². The fourth-order valence-electron chi connectivity index (χ4n) is 2.40. The van der Waals surface area contributed by atoms with Gasteiger partial charge in [0, 0.05) is 32.7 Å². The summed E-state index contributed by atoms with van der Waals surface area (Å²) in [6.45, 7) is 3.43. The van der Waals surface area contributed by atoms with E-state index in [0.29, 0.717) is 32.7 Å². The summed E-state index contributed by atoms with van der Waals surface area (Å²) in [4.78, 5) is 13.1. The third-order valence-electron chi connectivity index (χ3n) is 3.49. The van der Waals surface area contributed by atoms with Crippen molar-refractivity contribution in [2.24, 2.45) is 0 Å². The van der Waals surface area contributed by atoms with E-state index in [1.165, 1.54) is 0 Å². The largest absolute Gasteiger partial charge is 0.354 e. The van der Waals surface area contributed by atoms with Crippen LogP contribution in [-0.4, -0.2) is 68.6 Å². The van der Waals surface area contributed by atoms with Crippen LogP contribution in [0.3, 0.4) is 0 Å². The van der Waals surface area contributed by atoms with Crippen molar-refractivity contribution in [3.05, 3.63) is 0 Å². The number of nitrogens with zero attached hydrogens (tertiary/aromatic N) is 2. The van der Waals surface area contributed by atoms with Gasteiger partial charge in [-0.1, -0.05) is 6.42 Å². The molecule has 0 aromatic heterocycles. The van der Waals surface area contributed by atoms with Crippen molar-refractivity contribution < 1.29 is 13.2 Å². The molecule has 0 aliphatic carbocycles. The summed E-state index contributed by atoms with van der Waals surface area (Å²) in [5.74, 6) is 0.108. The van der Waals surface area contributed by atoms with Gasteiger partial charge in [-0.3, -0.25) is 9.69 Å². The second-order valence-corrected chi connectivity index (χ2v) is 6.99. The fourth-order valence-corrected chi connectivity index (χ4v) is 3.96. The molecule has 6 nitrogen and oxygen atoms in total. The first-order chi connectivity index (χ1) is 8.58. The van der Waals surface area contributed by atoms with E-state index in [4.69, 9.17) is 0 Å². The van der Waals surface area contributed by atoms with Crippen LogP contribution in [0.5, 0.6) is 0 Å². The number of amides is 1. The highest BCUT2D eigenvalue weighted by atomic mass is 32.2. The summed E-state index contributed by atoms with van der Waals surface area (Å²) in [5, 5.41) is 2.73. The summed E-state index contributed by atoms with van der Waals surface area (Å²) >= 11 is 0. The first-order valence-corrected chi connectivity index (χ1v) is 8.16. The van der Waals surface area contributed by atoms with Gasteiger partial charge in [-0.15, -0.1) is 0 Å². The van der Waals surface area contributed by atoms with Gasteiger partial charge in [-0.2, -0.15) is 0 Å². The molecule has 0 atom stereocenters. The molecule has 0 saturated carbocycles. The van der Waals surface area contributed by atoms with Gasteiger partial charge >= 0.3 is 0 Å². The Morgan fingerprint density at radius 2 is 1.83 bits per heavy atom. The lowest BCUT2D eigenvalue weighted by molar-refractivity contribution is -0.124. The summed E-state index contributed by atoms with van der Waals surface area (Å²) < 4.78 is 25.8. The van der Waals surface area contributed by atoms with Crippen LogP contribution < -0.4 is 5.32 Å². The lowest BCUT2D eigenvalue weighted by Crippen LogP contribution is -2.49. The van der Waals surface area contributed by atoms with Gasteiger partial charge in [0.15, 0.2) is 0 Å². The first-order valence-electron chi connectivity index (χ1n) is 6.55. The van der Waals surface area contributed by atoms with E-state index in [2.05, 4.69) is 5.32 Å². The van der Waals surface area contributed by atoms with Crippen LogP contribution >= 0.6 is 0 Å². The maximum absolute atomic E-state index is 12.1. The minimum absolute atomic E-state index is 0.0170. The molecule has 0 spiro atoms. The number of rotatable bonds is 4. The third kappa shape index (κ3) is 3.66. The van der Waals surface area contributed by atoms with Gasteiger partial charge in [0.05, 0.1) is 12.3 Å². The molecule has 1 amide bonds. The fraction of sp³-hybridized carbons (Fsp3) is 0.909. The molecule has 1 N–H and O–H groups in total. The topological polar surface area (TPSA) is 69.7 Å². The van der Waals surface area contributed by atoms with Crippen molar-refractivity contribution >= 4 is 15.9 Å². The number of carbonyl (C=O) groups is 1. The second kappa shape index (κ2) is 5.99. The number of piperidine rings is 1. The molecule has 7 heteroatoms. The molecule has 0 radical (unpaired) electrons. The molecule has 2 heterocycles. The summed E-state index contributed by atoms with van der Waals surface area (Å²) in [5.41, 5.74) is 0. The lowest BCUT2D eigenvalue weighted by atomic mass is 10.2. The highest BCUT2D eigenvalue weighted by Gasteiger charge is 2.25. The molecule has 0 aromatic rings. The zero-order valence-corrected chi connectivity index (χ0v) is 11.4. The maximum atomic E-state index is 12.1. The molecular weight excluding hydrogens is 254 g/mol. The molecule has 2 fully saturated rings. The Bertz CT molecular complexity index is 390. The van der Waals surface area contributed by atoms with Crippen LogP contribution in [0, 0.1) is 0 Å². The van der Waals surface area contributed by atoms with Gasteiger partial charge in [0.2, 0.25) is 15.9 Å². The van der Waals surface area contributed by atoms with Crippen LogP contribution in [0.15, 0.2) is 0 Å². The Labute approximate surface area is 108 Å². The van der Waals surface area contributed by atoms with Crippen LogP contribution in [0.4, 0.5) is 0 Å². The molecule has 0 unspecified atom stereocenters. The Morgan fingerprint density at radius 1 is 1.11 bits per heavy atom. The van der Waals surface area contributed by atoms with Gasteiger partial charge in [-0.25, -0.2) is 12.7 Å². The lowest BCUT2D eigenvalue weighted by Gasteiger charge is -2.29. The van der Waals surface area contributed by atoms with E-state index < -0.39 is 10.0 Å². The summed E-state index contributed by atoms with van der Waals surface area (Å²) in [6, 6.07) is 0. The minimum atomic E-state index is -3.14. The molecule has 2 aliphatic heterocycles. The predicted octanol–water partition coefficient (Wildman–Crippen LogP) is -0.766. The average Bonchev–Trinajstić information content (AvgIpc) is 2.38. The number of hydrogen-bond donors (Lipinski definition) is 1. The van der Waals surface area contributed by atoms with Crippen molar-refractivity contribution in [3.8, 4) is 0 Å². The zero-order valence-electron chi connectivity index (χ0n) is 10.6. The van der Waals surface area contributed by atoms with E-state index in [9.17, 15) is 13.2 Å². The van der Waals surface area contributed by atoms with Crippen LogP contribution in [0.2, 0.25) is 0 Å². The number of nitrogens with one attached hydrogen (secondary N) is 1. The Morgan fingerprint density at radius 3 is 2.50 bits per heavy atom. The molecule has 2 saturated heterocycles. The Kier molecular flexibility index (Phi) is 4.58. The minimum Gasteiger partial charge on any atom is -0.354 e. The van der Waals surface area contributed by atoms with Crippen molar-refractivity contribution in [2.75, 3.05) is 45.0 Å². The van der Waals surface area contributed by atoms with Gasteiger partial charge in [0.1, 0.15) is 0 Å². The van der Waals surface area contributed by atoms with E-state index in [0.717, 1.165) is 25.8 Å². The molecule has 104 valence electrons. The average molecular weight is 275 g/mol. The van der Waals surface area contributed by atoms with Crippen LogP contribution in [-0.2, 0) is 14.8 Å². The van der Waals surface area contributed by atoms with Crippen molar-refractivity contribution in [1.82, 2.24) is 14.5 Å². The smallest absolute Gasteiger partial charge is 0.234 e. The van der Waals surface area contributed by atoms with Crippen molar-refractivity contribution in [2.45, 2.75) is 19.3 Å². The first kappa shape index (κ1) is 13.8. The number of carbonyl (C=O) groups excluding carboxylic acids is 1. The van der Waals surface area contributed by atoms with Gasteiger partial charge in [0.25, 0.3) is 0 Å². The van der Waals surface area contributed by atoms with E-state index in [1.807, 2.05) is 4.90 Å². The highest BCUT2D eigenvalue weighted by molar-refractivity contribution is 7.89. The zero-order chi connectivity index (χ0) is 13.0. The molecular formula is C11H21N3O3S. The van der Waals surface area contributed by atoms with E-state index in [1.54, 1.807) is 4.31 Å². The highest BCUT2D eigenvalue weighted by Crippen LogP contribution is 2.13. The number of sulfonamides is 1. The van der Waals surface area contributed by atoms with Gasteiger partial charge < -0.3 is 5.32 Å². The van der Waals surface area contributed by atoms with Crippen molar-refractivity contribution in [3.63, 3.8) is 0 Å². The third-order valence-corrected chi connectivity index (χ3v) is 5.34. The van der Waals surface area contributed by atoms with E-state index >= 15 is 0 Å². The molecule has 2 rings (SSSR count). The second-order valence-electron chi connectivity index (χ2n) is 4.90. The Hall–Kier alpha value is -0.660. The number of piperazine rings is 1. The maximum Gasteiger partial charge on any atom is 0.234 e. The predicted molar refractivity (Wildman–Crippen MR) is 68.7 cm³/mol. The van der Waals surface area contributed by atoms with Crippen LogP contribution in [0.1, 0.15) is 19.3 Å². The SMILES string of the molecule is O=C1CN(CCS(=O)(=O)N2CCCCC2)CCN1. The quantitative estimate of drug-likeness (QED) is 0.732. The number of hydrogen-bond acceptors (Lipinski definition) is 4. The van der Waals surface area contributed by atoms with Crippen molar-refractivity contribution in [1.29, 1.82) is 0 Å². The van der Waals surface area contributed by atoms with Crippen LogP contribution in [0.25, 0.3) is 0 Å². The van der Waals surface area contributed by atoms with Gasteiger partial charge in [-0.05, 0) is 12.8 Å². The summed E-state index contributed by atoms with van der Waals surface area (Å²) in [6.07, 6.45) is 3.05. The normalized spacial score (nSPS) is 23.9. The molecule has 0 aromatic carbocycles. The Balaban J connectivity index is 1.82. The monoisotopic (exact) mass is 275 g/mol. The molecule has 18 heavy (non-hydrogen) atoms. The molecule has 0 bridgehead atoms. The molecule has 2 aliphatic rings. The standard InChI is InChI=1S/C11H21N3O3S/c15-11-10-13(7-4-12-11)8-9-18(16,17)14-5-2-1-3-6-14/h1-10H2,(H,12,15). The summed E-state index contributed by atoms with van der Waals surface area (Å²) in [7, 11) is -3.14.